The number of nitrogens with zero attached hydrogens (tertiary/aromatic N) is 2. The fourth-order valence-corrected chi connectivity index (χ4v) is 10.4. The lowest BCUT2D eigenvalue weighted by molar-refractivity contribution is -0.178. The van der Waals surface area contributed by atoms with Crippen LogP contribution in [0.2, 0.25) is 0 Å². The second kappa shape index (κ2) is 20.4. The van der Waals surface area contributed by atoms with Gasteiger partial charge in [0.05, 0.1) is 43.0 Å². The Kier molecular flexibility index (Phi) is 13.8. The Hall–Kier alpha value is -7.08. The van der Waals surface area contributed by atoms with Gasteiger partial charge in [-0.1, -0.05) is 121 Å². The van der Waals surface area contributed by atoms with Gasteiger partial charge >= 0.3 is 12.1 Å². The summed E-state index contributed by atoms with van der Waals surface area (Å²) in [6.45, 7) is -0.695. The number of benzene rings is 5. The van der Waals surface area contributed by atoms with E-state index in [1.807, 2.05) is 71.6 Å². The van der Waals surface area contributed by atoms with Gasteiger partial charge in [0, 0.05) is 19.2 Å². The lowest BCUT2D eigenvalue weighted by Gasteiger charge is -2.46. The number of carbonyl (C=O) groups excluding carboxylic acids is 4. The number of aliphatic hydroxyl groups is 2. The summed E-state index contributed by atoms with van der Waals surface area (Å²) >= 11 is 0. The Balaban J connectivity index is 1.33. The van der Waals surface area contributed by atoms with Crippen molar-refractivity contribution in [1.29, 1.82) is 0 Å². The molecular formula is C55H53N3O10. The zero-order valence-corrected chi connectivity index (χ0v) is 37.7. The molecule has 3 amide bonds. The van der Waals surface area contributed by atoms with Crippen molar-refractivity contribution in [3.05, 3.63) is 178 Å². The Morgan fingerprint density at radius 3 is 2.25 bits per heavy atom. The number of amides is 3. The number of anilines is 1. The summed E-state index contributed by atoms with van der Waals surface area (Å²) in [5, 5.41) is 24.2. The fraction of sp³-hybridized carbons (Fsp3) is 0.309. The van der Waals surface area contributed by atoms with Crippen molar-refractivity contribution in [2.45, 2.75) is 61.4 Å². The van der Waals surface area contributed by atoms with E-state index in [4.69, 9.17) is 18.9 Å². The topological polar surface area (TPSA) is 164 Å². The molecule has 0 unspecified atom stereocenters. The molecule has 7 atom stereocenters. The van der Waals surface area contributed by atoms with Crippen LogP contribution in [0.3, 0.4) is 0 Å². The molecule has 1 spiro atoms. The SMILES string of the molecule is COCCOC(=O)N1C(=O)[C@@]2(c3cc(C#CC4=CCCCC4)ccc31)[C@H](c1cccc(OCCO)c1)N1[C@H](c3ccccc3)[C@H](c3ccccc3)OC(=O)[C@H]1[C@@H]2C(=O)NC[C@H](O)c1ccccc1. The zero-order chi connectivity index (χ0) is 47.2. The van der Waals surface area contributed by atoms with Crippen molar-refractivity contribution < 1.29 is 48.3 Å². The number of methoxy groups -OCH3 is 1. The lowest BCUT2D eigenvalue weighted by Crippen LogP contribution is -2.56. The van der Waals surface area contributed by atoms with E-state index in [2.05, 4.69) is 23.2 Å². The Labute approximate surface area is 395 Å². The number of aliphatic hydroxyl groups excluding tert-OH is 2. The molecule has 5 aromatic carbocycles. The zero-order valence-electron chi connectivity index (χ0n) is 37.7. The molecule has 348 valence electrons. The van der Waals surface area contributed by atoms with Gasteiger partial charge in [0.1, 0.15) is 36.5 Å². The van der Waals surface area contributed by atoms with Crippen LogP contribution in [-0.2, 0) is 34.0 Å². The first-order chi connectivity index (χ1) is 33.3. The van der Waals surface area contributed by atoms with Crippen molar-refractivity contribution in [2.24, 2.45) is 5.92 Å². The molecule has 9 rings (SSSR count). The second-order valence-electron chi connectivity index (χ2n) is 17.3. The van der Waals surface area contributed by atoms with Gasteiger partial charge in [-0.15, -0.1) is 0 Å². The first-order valence-electron chi connectivity index (χ1n) is 23.0. The van der Waals surface area contributed by atoms with Crippen molar-refractivity contribution >= 4 is 29.6 Å². The average Bonchev–Trinajstić information content (AvgIpc) is 3.84. The van der Waals surface area contributed by atoms with E-state index in [-0.39, 0.29) is 44.2 Å². The first-order valence-corrected chi connectivity index (χ1v) is 23.0. The Morgan fingerprint density at radius 2 is 1.54 bits per heavy atom. The predicted octanol–water partition coefficient (Wildman–Crippen LogP) is 7.21. The van der Waals surface area contributed by atoms with Gasteiger partial charge in [0.2, 0.25) is 11.8 Å². The van der Waals surface area contributed by atoms with Crippen molar-refractivity contribution in [2.75, 3.05) is 45.0 Å². The molecule has 1 aliphatic carbocycles. The van der Waals surface area contributed by atoms with Crippen LogP contribution in [0.4, 0.5) is 10.5 Å². The summed E-state index contributed by atoms with van der Waals surface area (Å²) in [5.74, 6) is 3.10. The highest BCUT2D eigenvalue weighted by Gasteiger charge is 2.75. The second-order valence-corrected chi connectivity index (χ2v) is 17.3. The number of morpholine rings is 1. The number of carbonyl (C=O) groups is 4. The maximum absolute atomic E-state index is 16.4. The van der Waals surface area contributed by atoms with Crippen LogP contribution in [0, 0.1) is 17.8 Å². The number of allylic oxidation sites excluding steroid dienone is 2. The molecule has 0 saturated carbocycles. The molecule has 0 bridgehead atoms. The molecule has 0 aromatic heterocycles. The number of nitrogens with one attached hydrogen (secondary N) is 1. The quantitative estimate of drug-likeness (QED) is 0.0622. The van der Waals surface area contributed by atoms with E-state index in [0.717, 1.165) is 41.7 Å². The third-order valence-electron chi connectivity index (χ3n) is 13.3. The van der Waals surface area contributed by atoms with E-state index < -0.39 is 65.5 Å². The number of esters is 1. The van der Waals surface area contributed by atoms with E-state index in [1.165, 1.54) is 7.11 Å². The molecular weight excluding hydrogens is 863 g/mol. The Morgan fingerprint density at radius 1 is 0.824 bits per heavy atom. The van der Waals surface area contributed by atoms with E-state index in [0.29, 0.717) is 28.0 Å². The van der Waals surface area contributed by atoms with E-state index >= 15 is 14.4 Å². The number of imide groups is 1. The monoisotopic (exact) mass is 915 g/mol. The molecule has 3 N–H and O–H groups in total. The minimum absolute atomic E-state index is 0.0310. The van der Waals surface area contributed by atoms with E-state index in [9.17, 15) is 15.0 Å². The van der Waals surface area contributed by atoms with Gasteiger partial charge in [0.15, 0.2) is 0 Å². The third-order valence-corrected chi connectivity index (χ3v) is 13.3. The van der Waals surface area contributed by atoms with Crippen LogP contribution in [0.1, 0.15) is 83.4 Å². The predicted molar refractivity (Wildman–Crippen MR) is 252 cm³/mol. The van der Waals surface area contributed by atoms with Crippen LogP contribution in [0.5, 0.6) is 5.75 Å². The number of cyclic esters (lactones) is 1. The normalized spacial score (nSPS) is 23.4. The number of fused-ring (bicyclic) bond motifs is 3. The summed E-state index contributed by atoms with van der Waals surface area (Å²) in [6, 6.07) is 36.3. The van der Waals surface area contributed by atoms with Crippen LogP contribution < -0.4 is 15.0 Å². The van der Waals surface area contributed by atoms with Gasteiger partial charge in [-0.05, 0) is 89.4 Å². The number of rotatable bonds is 13. The lowest BCUT2D eigenvalue weighted by atomic mass is 9.65. The summed E-state index contributed by atoms with van der Waals surface area (Å²) < 4.78 is 23.5. The molecule has 0 radical (unpaired) electrons. The molecule has 3 heterocycles. The highest BCUT2D eigenvalue weighted by Crippen LogP contribution is 2.66. The molecule has 2 fully saturated rings. The van der Waals surface area contributed by atoms with Crippen molar-refractivity contribution in [3.63, 3.8) is 0 Å². The van der Waals surface area contributed by atoms with Gasteiger partial charge < -0.3 is 34.5 Å². The molecule has 13 nitrogen and oxygen atoms in total. The maximum Gasteiger partial charge on any atom is 0.421 e. The molecule has 13 heteroatoms. The minimum Gasteiger partial charge on any atom is -0.491 e. The van der Waals surface area contributed by atoms with Gasteiger partial charge in [-0.25, -0.2) is 9.69 Å². The van der Waals surface area contributed by atoms with Crippen molar-refractivity contribution in [1.82, 2.24) is 10.2 Å². The summed E-state index contributed by atoms with van der Waals surface area (Å²) in [6.07, 6.45) is 2.89. The molecule has 3 aliphatic heterocycles. The van der Waals surface area contributed by atoms with Crippen LogP contribution in [0.15, 0.2) is 145 Å². The number of hydrogen-bond donors (Lipinski definition) is 3. The largest absolute Gasteiger partial charge is 0.491 e. The highest BCUT2D eigenvalue weighted by molar-refractivity contribution is 6.23. The van der Waals surface area contributed by atoms with E-state index in [1.54, 1.807) is 66.7 Å². The van der Waals surface area contributed by atoms with Crippen LogP contribution >= 0.6 is 0 Å². The number of ether oxygens (including phenoxy) is 4. The average molecular weight is 916 g/mol. The van der Waals surface area contributed by atoms with Crippen molar-refractivity contribution in [3.8, 4) is 17.6 Å². The van der Waals surface area contributed by atoms with Crippen LogP contribution in [0.25, 0.3) is 0 Å². The van der Waals surface area contributed by atoms with Gasteiger partial charge in [0.25, 0.3) is 0 Å². The molecule has 2 saturated heterocycles. The Bertz CT molecular complexity index is 2740. The minimum atomic E-state index is -2.09. The highest BCUT2D eigenvalue weighted by atomic mass is 16.6. The third kappa shape index (κ3) is 8.68. The number of hydrogen-bond acceptors (Lipinski definition) is 11. The van der Waals surface area contributed by atoms with Gasteiger partial charge in [-0.3, -0.25) is 19.3 Å². The first kappa shape index (κ1) is 46.0. The van der Waals surface area contributed by atoms with Gasteiger partial charge in [-0.2, -0.15) is 0 Å². The smallest absolute Gasteiger partial charge is 0.421 e. The van der Waals surface area contributed by atoms with Crippen LogP contribution in [-0.4, -0.2) is 85.1 Å². The maximum atomic E-state index is 16.4. The molecule has 4 aliphatic rings. The summed E-state index contributed by atoms with van der Waals surface area (Å²) in [4.78, 5) is 64.9. The molecule has 68 heavy (non-hydrogen) atoms. The fourth-order valence-electron chi connectivity index (χ4n) is 10.4. The summed E-state index contributed by atoms with van der Waals surface area (Å²) in [5.41, 5.74) is 2.29. The molecule has 5 aromatic rings. The standard InChI is InChI=1S/C55H53N3O10/c1-65-31-32-67-54(64)57-44-28-27-37(26-25-36-15-6-2-7-16-36)33-43(44)55(53(57)63)46(51(61)56-35-45(60)38-17-8-3-9-18-38)48-52(62)68-49(40-21-12-5-13-22-40)47(39-19-10-4-11-20-39)58(48)50(55)41-23-14-24-42(34-41)66-30-29-59/h3-5,8-15,17-24,27-28,33-34,45-50,59-60H,2,6-7,16,29-32,35H2,1H3,(H,56,61)/t45-,46+,47+,48+,49-,50-,55+/m0/s1. The summed E-state index contributed by atoms with van der Waals surface area (Å²) in [7, 11) is 1.46.